The Labute approximate surface area is 281 Å². The van der Waals surface area contributed by atoms with Gasteiger partial charge in [-0.15, -0.1) is 0 Å². The van der Waals surface area contributed by atoms with Crippen LogP contribution >= 0.6 is 0 Å². The maximum atomic E-state index is 13.6. The number of aromatic nitrogens is 2. The molecule has 0 spiro atoms. The van der Waals surface area contributed by atoms with Crippen LogP contribution in [0.4, 0.5) is 9.59 Å². The van der Waals surface area contributed by atoms with Gasteiger partial charge in [-0.3, -0.25) is 19.2 Å². The molecule has 2 aromatic rings. The number of esters is 1. The lowest BCUT2D eigenvalue weighted by Gasteiger charge is -2.26. The fourth-order valence-corrected chi connectivity index (χ4v) is 4.27. The Morgan fingerprint density at radius 3 is 2.00 bits per heavy atom. The van der Waals surface area contributed by atoms with E-state index in [4.69, 9.17) is 14.2 Å². The predicted octanol–water partition coefficient (Wildman–Crippen LogP) is 3.84. The summed E-state index contributed by atoms with van der Waals surface area (Å²) in [6.45, 7) is 15.0. The zero-order valence-electron chi connectivity index (χ0n) is 29.2. The van der Waals surface area contributed by atoms with Crippen LogP contribution in [0.25, 0.3) is 0 Å². The number of hydrogen-bond donors (Lipinski definition) is 3. The van der Waals surface area contributed by atoms with Crippen molar-refractivity contribution in [3.8, 4) is 0 Å². The topological polar surface area (TPSA) is 184 Å². The first-order valence-corrected chi connectivity index (χ1v) is 15.8. The van der Waals surface area contributed by atoms with Gasteiger partial charge >= 0.3 is 18.2 Å². The van der Waals surface area contributed by atoms with E-state index in [0.717, 1.165) is 10.1 Å². The number of alkyl carbamates (subject to hydrolysis) is 1. The molecule has 0 unspecified atom stereocenters. The van der Waals surface area contributed by atoms with Crippen molar-refractivity contribution in [2.45, 2.75) is 118 Å². The van der Waals surface area contributed by atoms with E-state index in [9.17, 15) is 28.8 Å². The first-order chi connectivity index (χ1) is 22.2. The SMILES string of the molecule is CC(=O)[C@H](Cc1cn(C(=O)OC(C)(C)C)cn1)NC(=O)[C@H](CCC(=O)OC(C)(C)C)NC(=O)[C@@H](NC(=O)OCc1ccccc1)C(C)C. The Morgan fingerprint density at radius 1 is 0.833 bits per heavy atom. The minimum absolute atomic E-state index is 0.0114. The summed E-state index contributed by atoms with van der Waals surface area (Å²) in [4.78, 5) is 81.3. The molecule has 0 aliphatic heterocycles. The summed E-state index contributed by atoms with van der Waals surface area (Å²) in [7, 11) is 0. The van der Waals surface area contributed by atoms with Gasteiger partial charge < -0.3 is 30.2 Å². The fourth-order valence-electron chi connectivity index (χ4n) is 4.27. The van der Waals surface area contributed by atoms with Crippen LogP contribution in [-0.4, -0.2) is 74.6 Å². The second kappa shape index (κ2) is 17.4. The summed E-state index contributed by atoms with van der Waals surface area (Å²) in [5, 5.41) is 7.80. The van der Waals surface area contributed by atoms with Crippen molar-refractivity contribution in [1.82, 2.24) is 25.5 Å². The summed E-state index contributed by atoms with van der Waals surface area (Å²) in [6.07, 6.45) is 0.709. The molecule has 0 fully saturated rings. The molecular weight excluding hydrogens is 622 g/mol. The van der Waals surface area contributed by atoms with Gasteiger partial charge in [-0.25, -0.2) is 19.1 Å². The molecule has 3 amide bonds. The molecular formula is C34H49N5O9. The number of nitrogens with zero attached hydrogens (tertiary/aromatic N) is 2. The summed E-state index contributed by atoms with van der Waals surface area (Å²) in [5.41, 5.74) is -0.418. The zero-order valence-corrected chi connectivity index (χ0v) is 29.2. The van der Waals surface area contributed by atoms with Crippen LogP contribution in [0.2, 0.25) is 0 Å². The fraction of sp³-hybridized carbons (Fsp3) is 0.559. The van der Waals surface area contributed by atoms with Crippen LogP contribution in [-0.2, 0) is 46.4 Å². The first kappa shape index (κ1) is 39.4. The molecule has 0 bridgehead atoms. The van der Waals surface area contributed by atoms with Crippen LogP contribution < -0.4 is 16.0 Å². The molecule has 14 heteroatoms. The van der Waals surface area contributed by atoms with Gasteiger partial charge in [0.1, 0.15) is 36.2 Å². The van der Waals surface area contributed by atoms with E-state index >= 15 is 0 Å². The highest BCUT2D eigenvalue weighted by molar-refractivity contribution is 5.94. The Kier molecular flexibility index (Phi) is 14.3. The summed E-state index contributed by atoms with van der Waals surface area (Å²) in [6, 6.07) is 5.56. The van der Waals surface area contributed by atoms with Crippen molar-refractivity contribution in [1.29, 1.82) is 0 Å². The van der Waals surface area contributed by atoms with Crippen LogP contribution in [0, 0.1) is 5.92 Å². The molecule has 0 saturated carbocycles. The third-order valence-corrected chi connectivity index (χ3v) is 6.59. The van der Waals surface area contributed by atoms with E-state index in [1.807, 2.05) is 6.07 Å². The summed E-state index contributed by atoms with van der Waals surface area (Å²) in [5.74, 6) is -2.84. The van der Waals surface area contributed by atoms with Gasteiger partial charge in [0, 0.05) is 19.0 Å². The van der Waals surface area contributed by atoms with Crippen molar-refractivity contribution >= 4 is 35.8 Å². The second-order valence-corrected chi connectivity index (χ2v) is 13.7. The number of ether oxygens (including phenoxy) is 3. The molecule has 2 rings (SSSR count). The van der Waals surface area contributed by atoms with Gasteiger partial charge in [0.25, 0.3) is 0 Å². The first-order valence-electron chi connectivity index (χ1n) is 15.8. The standard InChI is InChI=1S/C34H49N5O9/c1-21(2)28(38-31(44)46-19-23-13-11-10-12-14-23)30(43)36-25(15-16-27(41)47-33(4,5)6)29(42)37-26(22(3)40)17-24-18-39(20-35-24)32(45)48-34(7,8)9/h10-14,18,20-21,25-26,28H,15-17,19H2,1-9H3,(H,36,43)(H,37,42)(H,38,44)/t25-,26-,28-/m0/s1. The second-order valence-electron chi connectivity index (χ2n) is 13.7. The van der Waals surface area contributed by atoms with Gasteiger partial charge in [0.2, 0.25) is 11.8 Å². The molecule has 14 nitrogen and oxygen atoms in total. The number of amides is 3. The number of ketones is 1. The van der Waals surface area contributed by atoms with Crippen molar-refractivity contribution in [2.75, 3.05) is 0 Å². The molecule has 0 aliphatic carbocycles. The number of rotatable bonds is 14. The number of imidazole rings is 1. The molecule has 48 heavy (non-hydrogen) atoms. The normalized spacial score (nSPS) is 13.5. The molecule has 0 aliphatic rings. The van der Waals surface area contributed by atoms with Crippen molar-refractivity contribution < 1.29 is 43.0 Å². The average molecular weight is 672 g/mol. The summed E-state index contributed by atoms with van der Waals surface area (Å²) < 4.78 is 17.1. The van der Waals surface area contributed by atoms with E-state index in [0.29, 0.717) is 5.69 Å². The largest absolute Gasteiger partial charge is 0.460 e. The molecule has 1 aromatic heterocycles. The number of carbonyl (C=O) groups is 6. The van der Waals surface area contributed by atoms with Crippen LogP contribution in [0.5, 0.6) is 0 Å². The monoisotopic (exact) mass is 671 g/mol. The van der Waals surface area contributed by atoms with Crippen molar-refractivity contribution in [3.05, 3.63) is 54.1 Å². The molecule has 1 aromatic carbocycles. The highest BCUT2D eigenvalue weighted by Gasteiger charge is 2.32. The van der Waals surface area contributed by atoms with Crippen molar-refractivity contribution in [3.63, 3.8) is 0 Å². The van der Waals surface area contributed by atoms with Gasteiger partial charge in [0.15, 0.2) is 5.78 Å². The zero-order chi connectivity index (χ0) is 36.2. The Bertz CT molecular complexity index is 1420. The molecule has 0 radical (unpaired) electrons. The number of nitrogens with one attached hydrogen (secondary N) is 3. The van der Waals surface area contributed by atoms with E-state index in [-0.39, 0.29) is 25.9 Å². The van der Waals surface area contributed by atoms with E-state index in [1.165, 1.54) is 19.4 Å². The highest BCUT2D eigenvalue weighted by Crippen LogP contribution is 2.13. The summed E-state index contributed by atoms with van der Waals surface area (Å²) >= 11 is 0. The molecule has 264 valence electrons. The van der Waals surface area contributed by atoms with Crippen LogP contribution in [0.15, 0.2) is 42.9 Å². The van der Waals surface area contributed by atoms with Gasteiger partial charge in [-0.2, -0.15) is 0 Å². The lowest BCUT2D eigenvalue weighted by Crippen LogP contribution is -2.57. The number of Topliss-reactive ketones (excluding diaryl/α,β-unsaturated/α-hetero) is 1. The minimum atomic E-state index is -1.28. The number of hydrogen-bond acceptors (Lipinski definition) is 10. The molecule has 0 saturated heterocycles. The predicted molar refractivity (Wildman–Crippen MR) is 176 cm³/mol. The third kappa shape index (κ3) is 14.3. The Balaban J connectivity index is 2.19. The van der Waals surface area contributed by atoms with Crippen LogP contribution in [0.1, 0.15) is 86.4 Å². The maximum Gasteiger partial charge on any atom is 0.419 e. The average Bonchev–Trinajstić information content (AvgIpc) is 3.44. The smallest absolute Gasteiger partial charge is 0.419 e. The lowest BCUT2D eigenvalue weighted by molar-refractivity contribution is -0.155. The Morgan fingerprint density at radius 2 is 1.44 bits per heavy atom. The highest BCUT2D eigenvalue weighted by atomic mass is 16.6. The maximum absolute atomic E-state index is 13.6. The number of benzene rings is 1. The third-order valence-electron chi connectivity index (χ3n) is 6.59. The van der Waals surface area contributed by atoms with Gasteiger partial charge in [-0.05, 0) is 66.4 Å². The lowest BCUT2D eigenvalue weighted by atomic mass is 10.0. The quantitative estimate of drug-likeness (QED) is 0.197. The molecule has 3 atom stereocenters. The Hall–Kier alpha value is -4.75. The van der Waals surface area contributed by atoms with Crippen LogP contribution in [0.3, 0.4) is 0 Å². The van der Waals surface area contributed by atoms with E-state index in [2.05, 4.69) is 20.9 Å². The van der Waals surface area contributed by atoms with Gasteiger partial charge in [-0.1, -0.05) is 44.2 Å². The van der Waals surface area contributed by atoms with E-state index in [1.54, 1.807) is 79.7 Å². The number of carbonyl (C=O) groups excluding carboxylic acids is 6. The molecule has 3 N–H and O–H groups in total. The van der Waals surface area contributed by atoms with Gasteiger partial charge in [0.05, 0.1) is 11.7 Å². The van der Waals surface area contributed by atoms with Crippen molar-refractivity contribution in [2.24, 2.45) is 5.92 Å². The minimum Gasteiger partial charge on any atom is -0.460 e. The molecule has 1 heterocycles. The van der Waals surface area contributed by atoms with E-state index < -0.39 is 71.0 Å².